The molecule has 0 heterocycles. The molecule has 1 heteroatoms. The molecule has 0 aromatic rings. The first kappa shape index (κ1) is 26.3. The summed E-state index contributed by atoms with van der Waals surface area (Å²) in [6.45, 7) is 11.0. The monoisotopic (exact) mass is 532 g/mol. The molecular formula is C38H60O. The Morgan fingerprint density at radius 1 is 0.641 bits per heavy atom. The standard InChI is InChI=1S/C38H60O/c1-34-16-8-10-30(34)28-13-22-38(19-6-5-18-36(38,3)31(28)14-20-34)33-24-26(39)23-25-11-12-27-29-9-7-17-35(29,2)21-15-32(27)37(25,33)4/h7,17,25-33,39H,5-6,8-16,18-24H2,1-4H3/t25?,26?,27-,28-,29-,30-,31+,32+,33?,34-,35-,36+,37-,38?/m0/s1. The van der Waals surface area contributed by atoms with Crippen LogP contribution < -0.4 is 0 Å². The maximum absolute atomic E-state index is 11.6. The molecule has 0 aromatic carbocycles. The van der Waals surface area contributed by atoms with Crippen molar-refractivity contribution in [1.82, 2.24) is 0 Å². The van der Waals surface area contributed by atoms with Crippen molar-refractivity contribution in [2.45, 2.75) is 149 Å². The summed E-state index contributed by atoms with van der Waals surface area (Å²) in [5.74, 6) is 7.19. The smallest absolute Gasteiger partial charge is 0.0546 e. The lowest BCUT2D eigenvalue weighted by molar-refractivity contribution is -0.249. The molecule has 0 bridgehead atoms. The Kier molecular flexibility index (Phi) is 5.83. The van der Waals surface area contributed by atoms with E-state index in [1.54, 1.807) is 0 Å². The minimum Gasteiger partial charge on any atom is -0.393 e. The molecule has 39 heavy (non-hydrogen) atoms. The zero-order chi connectivity index (χ0) is 26.8. The second-order valence-corrected chi connectivity index (χ2v) is 18.2. The van der Waals surface area contributed by atoms with Crippen LogP contribution in [0.4, 0.5) is 0 Å². The normalized spacial score (nSPS) is 61.8. The van der Waals surface area contributed by atoms with E-state index < -0.39 is 0 Å². The molecule has 7 saturated carbocycles. The van der Waals surface area contributed by atoms with Gasteiger partial charge >= 0.3 is 0 Å². The van der Waals surface area contributed by atoms with E-state index in [0.717, 1.165) is 60.2 Å². The topological polar surface area (TPSA) is 20.2 Å². The summed E-state index contributed by atoms with van der Waals surface area (Å²) in [7, 11) is 0. The predicted molar refractivity (Wildman–Crippen MR) is 161 cm³/mol. The summed E-state index contributed by atoms with van der Waals surface area (Å²) in [5, 5.41) is 11.6. The molecule has 8 aliphatic carbocycles. The molecular weight excluding hydrogens is 472 g/mol. The van der Waals surface area contributed by atoms with E-state index in [9.17, 15) is 5.11 Å². The molecule has 0 radical (unpaired) electrons. The zero-order valence-electron chi connectivity index (χ0n) is 26.0. The average molecular weight is 533 g/mol. The second kappa shape index (κ2) is 8.63. The molecule has 8 rings (SSSR count). The van der Waals surface area contributed by atoms with Gasteiger partial charge in [-0.3, -0.25) is 0 Å². The Morgan fingerprint density at radius 2 is 1.44 bits per heavy atom. The third-order valence-electron chi connectivity index (χ3n) is 17.4. The van der Waals surface area contributed by atoms with Gasteiger partial charge in [-0.05, 0) is 171 Å². The van der Waals surface area contributed by atoms with E-state index in [4.69, 9.17) is 0 Å². The van der Waals surface area contributed by atoms with Crippen LogP contribution in [0.25, 0.3) is 0 Å². The molecule has 8 aliphatic rings. The number of hydrogen-bond acceptors (Lipinski definition) is 1. The maximum Gasteiger partial charge on any atom is 0.0546 e. The van der Waals surface area contributed by atoms with Crippen LogP contribution in [-0.4, -0.2) is 11.2 Å². The summed E-state index contributed by atoms with van der Waals surface area (Å²) < 4.78 is 0. The van der Waals surface area contributed by atoms with E-state index in [1.807, 2.05) is 0 Å². The van der Waals surface area contributed by atoms with E-state index in [2.05, 4.69) is 39.8 Å². The molecule has 1 N–H and O–H groups in total. The zero-order valence-corrected chi connectivity index (χ0v) is 26.0. The summed E-state index contributed by atoms with van der Waals surface area (Å²) in [6.07, 6.45) is 30.9. The third kappa shape index (κ3) is 3.30. The van der Waals surface area contributed by atoms with Gasteiger partial charge in [0.15, 0.2) is 0 Å². The fourth-order valence-corrected chi connectivity index (χ4v) is 15.7. The highest BCUT2D eigenvalue weighted by Gasteiger charge is 2.70. The summed E-state index contributed by atoms with van der Waals surface area (Å²) in [6, 6.07) is 0. The first-order chi connectivity index (χ1) is 18.6. The van der Waals surface area contributed by atoms with Gasteiger partial charge in [0.1, 0.15) is 0 Å². The van der Waals surface area contributed by atoms with E-state index in [0.29, 0.717) is 27.1 Å². The van der Waals surface area contributed by atoms with Crippen LogP contribution in [0.2, 0.25) is 0 Å². The molecule has 0 spiro atoms. The molecule has 0 amide bonds. The maximum atomic E-state index is 11.6. The number of allylic oxidation sites excluding steroid dienone is 2. The number of rotatable bonds is 1. The molecule has 0 aliphatic heterocycles. The van der Waals surface area contributed by atoms with E-state index in [1.165, 1.54) is 103 Å². The quantitative estimate of drug-likeness (QED) is 0.333. The molecule has 7 fully saturated rings. The SMILES string of the molecule is C[C@@]12CCC[C@H]1[C@@H]1CCC3(C4CC(O)CC5CC[C@@H]6[C@@H](CC[C@]7(C)C=CC[C@@H]67)[C@]54C)CCCC[C@]3(C)[C@@H]1CC2. The predicted octanol–water partition coefficient (Wildman–Crippen LogP) is 9.98. The van der Waals surface area contributed by atoms with Crippen LogP contribution in [0.1, 0.15) is 143 Å². The first-order valence-corrected chi connectivity index (χ1v) is 18.0. The summed E-state index contributed by atoms with van der Waals surface area (Å²) in [4.78, 5) is 0. The highest BCUT2D eigenvalue weighted by molar-refractivity contribution is 5.21. The van der Waals surface area contributed by atoms with Crippen molar-refractivity contribution in [2.75, 3.05) is 0 Å². The Labute approximate surface area is 240 Å². The van der Waals surface area contributed by atoms with Gasteiger partial charge in [0, 0.05) is 0 Å². The van der Waals surface area contributed by atoms with Gasteiger partial charge < -0.3 is 5.11 Å². The number of fused-ring (bicyclic) bond motifs is 10. The molecule has 218 valence electrons. The van der Waals surface area contributed by atoms with Crippen LogP contribution in [-0.2, 0) is 0 Å². The van der Waals surface area contributed by atoms with Crippen LogP contribution in [0.15, 0.2) is 12.2 Å². The highest BCUT2D eigenvalue weighted by atomic mass is 16.3. The van der Waals surface area contributed by atoms with Crippen LogP contribution in [0, 0.1) is 74.4 Å². The molecule has 4 unspecified atom stereocenters. The largest absolute Gasteiger partial charge is 0.393 e. The average Bonchev–Trinajstić information content (AvgIpc) is 3.51. The second-order valence-electron chi connectivity index (χ2n) is 18.2. The van der Waals surface area contributed by atoms with Crippen molar-refractivity contribution in [3.8, 4) is 0 Å². The lowest BCUT2D eigenvalue weighted by atomic mass is 9.32. The highest BCUT2D eigenvalue weighted by Crippen LogP contribution is 2.77. The van der Waals surface area contributed by atoms with Gasteiger partial charge in [0.25, 0.3) is 0 Å². The van der Waals surface area contributed by atoms with Crippen molar-refractivity contribution in [1.29, 1.82) is 0 Å². The number of hydrogen-bond donors (Lipinski definition) is 1. The van der Waals surface area contributed by atoms with E-state index in [-0.39, 0.29) is 6.10 Å². The Morgan fingerprint density at radius 3 is 2.31 bits per heavy atom. The Hall–Kier alpha value is -0.300. The van der Waals surface area contributed by atoms with Crippen molar-refractivity contribution >= 4 is 0 Å². The van der Waals surface area contributed by atoms with Gasteiger partial charge in [-0.1, -0.05) is 59.1 Å². The van der Waals surface area contributed by atoms with Crippen molar-refractivity contribution in [3.05, 3.63) is 12.2 Å². The molecule has 14 atom stereocenters. The van der Waals surface area contributed by atoms with Gasteiger partial charge in [-0.25, -0.2) is 0 Å². The number of aliphatic hydroxyl groups is 1. The van der Waals surface area contributed by atoms with Crippen LogP contribution in [0.3, 0.4) is 0 Å². The molecule has 0 aromatic heterocycles. The Bertz CT molecular complexity index is 1010. The minimum atomic E-state index is -0.0469. The van der Waals surface area contributed by atoms with Gasteiger partial charge in [-0.15, -0.1) is 0 Å². The fraction of sp³-hybridized carbons (Fsp3) is 0.947. The fourth-order valence-electron chi connectivity index (χ4n) is 15.7. The summed E-state index contributed by atoms with van der Waals surface area (Å²) in [5.41, 5.74) is 2.54. The lowest BCUT2D eigenvalue weighted by Gasteiger charge is -2.73. The number of aliphatic hydroxyl groups excluding tert-OH is 1. The van der Waals surface area contributed by atoms with Crippen LogP contribution in [0.5, 0.6) is 0 Å². The van der Waals surface area contributed by atoms with Gasteiger partial charge in [0.05, 0.1) is 6.10 Å². The Balaban J connectivity index is 1.20. The van der Waals surface area contributed by atoms with Crippen molar-refractivity contribution in [2.24, 2.45) is 74.4 Å². The lowest BCUT2D eigenvalue weighted by Crippen LogP contribution is -2.66. The van der Waals surface area contributed by atoms with Gasteiger partial charge in [-0.2, -0.15) is 0 Å². The van der Waals surface area contributed by atoms with E-state index >= 15 is 0 Å². The van der Waals surface area contributed by atoms with Crippen molar-refractivity contribution < 1.29 is 5.11 Å². The third-order valence-corrected chi connectivity index (χ3v) is 17.4. The van der Waals surface area contributed by atoms with Gasteiger partial charge in [0.2, 0.25) is 0 Å². The molecule has 1 nitrogen and oxygen atoms in total. The van der Waals surface area contributed by atoms with Crippen molar-refractivity contribution in [3.63, 3.8) is 0 Å². The summed E-state index contributed by atoms with van der Waals surface area (Å²) >= 11 is 0. The minimum absolute atomic E-state index is 0.0469. The first-order valence-electron chi connectivity index (χ1n) is 18.0. The van der Waals surface area contributed by atoms with Crippen LogP contribution >= 0.6 is 0 Å². The molecule has 0 saturated heterocycles.